The molecule has 1 heterocycles. The molecule has 0 spiro atoms. The van der Waals surface area contributed by atoms with Crippen LogP contribution in [0.15, 0.2) is 29.1 Å². The lowest BCUT2D eigenvalue weighted by atomic mass is 10.1. The molecule has 5 heteroatoms. The molecular weight excluding hydrogens is 218 g/mol. The fourth-order valence-corrected chi connectivity index (χ4v) is 1.70. The molecule has 1 aromatic carbocycles. The first kappa shape index (κ1) is 11.3. The lowest BCUT2D eigenvalue weighted by molar-refractivity contribution is 0.0963. The summed E-state index contributed by atoms with van der Waals surface area (Å²) in [6.07, 6.45) is 0. The number of aromatic amines is 1. The van der Waals surface area contributed by atoms with E-state index in [1.165, 1.54) is 6.07 Å². The summed E-state index contributed by atoms with van der Waals surface area (Å²) in [6.45, 7) is 0.280. The Morgan fingerprint density at radius 1 is 1.41 bits per heavy atom. The average Bonchev–Trinajstić information content (AvgIpc) is 2.37. The summed E-state index contributed by atoms with van der Waals surface area (Å²) in [5, 5.41) is 3.01. The van der Waals surface area contributed by atoms with Gasteiger partial charge in [-0.25, -0.2) is 0 Å². The normalized spacial score (nSPS) is 10.5. The number of pyridine rings is 1. The summed E-state index contributed by atoms with van der Waals surface area (Å²) in [4.78, 5) is 26.3. The molecule has 2 aromatic rings. The van der Waals surface area contributed by atoms with E-state index in [2.05, 4.69) is 10.3 Å². The van der Waals surface area contributed by atoms with Gasteiger partial charge < -0.3 is 16.0 Å². The first-order chi connectivity index (χ1) is 8.15. The number of amides is 1. The summed E-state index contributed by atoms with van der Waals surface area (Å²) in [5.41, 5.74) is 7.17. The second-order valence-corrected chi connectivity index (χ2v) is 3.70. The molecule has 0 aliphatic carbocycles. The van der Waals surface area contributed by atoms with E-state index in [1.807, 2.05) is 0 Å². The molecular formula is C12H13N3O2. The van der Waals surface area contributed by atoms with Crippen LogP contribution in [0.1, 0.15) is 16.1 Å². The lowest BCUT2D eigenvalue weighted by Gasteiger charge is -2.04. The number of fused-ring (bicyclic) bond motifs is 1. The van der Waals surface area contributed by atoms with Crippen LogP contribution in [0.2, 0.25) is 0 Å². The average molecular weight is 231 g/mol. The zero-order chi connectivity index (χ0) is 12.4. The van der Waals surface area contributed by atoms with Crippen molar-refractivity contribution in [2.75, 3.05) is 7.05 Å². The highest BCUT2D eigenvalue weighted by Crippen LogP contribution is 2.11. The third-order valence-electron chi connectivity index (χ3n) is 2.59. The Bertz CT molecular complexity index is 631. The lowest BCUT2D eigenvalue weighted by Crippen LogP contribution is -2.18. The molecule has 1 aromatic heterocycles. The minimum Gasteiger partial charge on any atom is -0.357 e. The standard InChI is InChI=1S/C12H13N3O2/c1-14-12(17)7-2-3-10-9(4-7)11(16)5-8(6-13)15-10/h2-5H,6,13H2,1H3,(H,14,17)(H,15,16). The molecule has 0 radical (unpaired) electrons. The molecule has 17 heavy (non-hydrogen) atoms. The summed E-state index contributed by atoms with van der Waals surface area (Å²) in [5.74, 6) is -0.214. The van der Waals surface area contributed by atoms with Gasteiger partial charge in [0.25, 0.3) is 5.91 Å². The Morgan fingerprint density at radius 3 is 2.82 bits per heavy atom. The van der Waals surface area contributed by atoms with Crippen LogP contribution in [-0.4, -0.2) is 17.9 Å². The number of nitrogens with two attached hydrogens (primary N) is 1. The highest BCUT2D eigenvalue weighted by Gasteiger charge is 2.06. The van der Waals surface area contributed by atoms with Gasteiger partial charge >= 0.3 is 0 Å². The van der Waals surface area contributed by atoms with Gasteiger partial charge in [0.2, 0.25) is 0 Å². The van der Waals surface area contributed by atoms with Crippen LogP contribution in [0.25, 0.3) is 10.9 Å². The van der Waals surface area contributed by atoms with Crippen LogP contribution in [0.4, 0.5) is 0 Å². The first-order valence-electron chi connectivity index (χ1n) is 5.24. The topological polar surface area (TPSA) is 88.0 Å². The van der Waals surface area contributed by atoms with Crippen molar-refractivity contribution in [3.8, 4) is 0 Å². The van der Waals surface area contributed by atoms with E-state index < -0.39 is 0 Å². The fourth-order valence-electron chi connectivity index (χ4n) is 1.70. The molecule has 0 saturated carbocycles. The Morgan fingerprint density at radius 2 is 2.18 bits per heavy atom. The van der Waals surface area contributed by atoms with E-state index in [-0.39, 0.29) is 17.9 Å². The number of H-pyrrole nitrogens is 1. The van der Waals surface area contributed by atoms with Crippen molar-refractivity contribution >= 4 is 16.8 Å². The number of carbonyl (C=O) groups excluding carboxylic acids is 1. The Hall–Kier alpha value is -2.14. The van der Waals surface area contributed by atoms with E-state index in [9.17, 15) is 9.59 Å². The van der Waals surface area contributed by atoms with Crippen molar-refractivity contribution in [3.63, 3.8) is 0 Å². The molecule has 0 bridgehead atoms. The fraction of sp³-hybridized carbons (Fsp3) is 0.167. The third-order valence-corrected chi connectivity index (χ3v) is 2.59. The van der Waals surface area contributed by atoms with E-state index in [4.69, 9.17) is 5.73 Å². The predicted octanol–water partition coefficient (Wildman–Crippen LogP) is 0.346. The van der Waals surface area contributed by atoms with Crippen molar-refractivity contribution in [3.05, 3.63) is 45.7 Å². The molecule has 0 atom stereocenters. The molecule has 2 rings (SSSR count). The van der Waals surface area contributed by atoms with Crippen molar-refractivity contribution in [1.29, 1.82) is 0 Å². The molecule has 0 fully saturated rings. The number of hydrogen-bond donors (Lipinski definition) is 3. The second kappa shape index (κ2) is 4.39. The van der Waals surface area contributed by atoms with Gasteiger partial charge in [-0.2, -0.15) is 0 Å². The number of aromatic nitrogens is 1. The van der Waals surface area contributed by atoms with Crippen LogP contribution in [0.5, 0.6) is 0 Å². The molecule has 0 aliphatic rings. The molecule has 88 valence electrons. The van der Waals surface area contributed by atoms with Gasteiger partial charge in [0.1, 0.15) is 0 Å². The van der Waals surface area contributed by atoms with Crippen molar-refractivity contribution in [2.24, 2.45) is 5.73 Å². The number of nitrogens with one attached hydrogen (secondary N) is 2. The number of benzene rings is 1. The van der Waals surface area contributed by atoms with Crippen LogP contribution in [-0.2, 0) is 6.54 Å². The van der Waals surface area contributed by atoms with Gasteiger partial charge in [0.15, 0.2) is 5.43 Å². The molecule has 0 unspecified atom stereocenters. The maximum absolute atomic E-state index is 11.8. The quantitative estimate of drug-likeness (QED) is 0.696. The zero-order valence-electron chi connectivity index (χ0n) is 9.41. The van der Waals surface area contributed by atoms with Crippen molar-refractivity contribution in [2.45, 2.75) is 6.54 Å². The van der Waals surface area contributed by atoms with Gasteiger partial charge in [0.05, 0.1) is 0 Å². The minimum atomic E-state index is -0.214. The van der Waals surface area contributed by atoms with E-state index in [0.29, 0.717) is 22.2 Å². The number of hydrogen-bond acceptors (Lipinski definition) is 3. The van der Waals surface area contributed by atoms with E-state index >= 15 is 0 Å². The Labute approximate surface area is 97.6 Å². The first-order valence-corrected chi connectivity index (χ1v) is 5.24. The van der Waals surface area contributed by atoms with E-state index in [1.54, 1.807) is 25.2 Å². The Balaban J connectivity index is 2.67. The maximum Gasteiger partial charge on any atom is 0.251 e. The molecule has 5 nitrogen and oxygen atoms in total. The summed E-state index contributed by atoms with van der Waals surface area (Å²) < 4.78 is 0. The van der Waals surface area contributed by atoms with Crippen LogP contribution in [0, 0.1) is 0 Å². The minimum absolute atomic E-state index is 0.134. The third kappa shape index (κ3) is 2.05. The monoisotopic (exact) mass is 231 g/mol. The van der Waals surface area contributed by atoms with Gasteiger partial charge in [-0.05, 0) is 18.2 Å². The van der Waals surface area contributed by atoms with Crippen LogP contribution >= 0.6 is 0 Å². The van der Waals surface area contributed by atoms with Crippen molar-refractivity contribution < 1.29 is 4.79 Å². The largest absolute Gasteiger partial charge is 0.357 e. The number of carbonyl (C=O) groups is 1. The summed E-state index contributed by atoms with van der Waals surface area (Å²) in [6, 6.07) is 6.40. The predicted molar refractivity (Wildman–Crippen MR) is 65.9 cm³/mol. The van der Waals surface area contributed by atoms with Gasteiger partial charge in [-0.3, -0.25) is 9.59 Å². The highest BCUT2D eigenvalue weighted by atomic mass is 16.1. The molecule has 4 N–H and O–H groups in total. The van der Waals surface area contributed by atoms with E-state index in [0.717, 1.165) is 0 Å². The maximum atomic E-state index is 11.8. The van der Waals surface area contributed by atoms with Crippen LogP contribution in [0.3, 0.4) is 0 Å². The summed E-state index contributed by atoms with van der Waals surface area (Å²) in [7, 11) is 1.55. The molecule has 0 aliphatic heterocycles. The van der Waals surface area contributed by atoms with Gasteiger partial charge in [-0.1, -0.05) is 0 Å². The zero-order valence-corrected chi connectivity index (χ0v) is 9.41. The van der Waals surface area contributed by atoms with Crippen molar-refractivity contribution in [1.82, 2.24) is 10.3 Å². The highest BCUT2D eigenvalue weighted by molar-refractivity contribution is 5.97. The Kier molecular flexibility index (Phi) is 2.93. The smallest absolute Gasteiger partial charge is 0.251 e. The SMILES string of the molecule is CNC(=O)c1ccc2[nH]c(CN)cc(=O)c2c1. The van der Waals surface area contributed by atoms with Crippen LogP contribution < -0.4 is 16.5 Å². The number of rotatable bonds is 2. The molecule has 0 saturated heterocycles. The summed E-state index contributed by atoms with van der Waals surface area (Å²) >= 11 is 0. The van der Waals surface area contributed by atoms with Gasteiger partial charge in [0, 0.05) is 41.8 Å². The second-order valence-electron chi connectivity index (χ2n) is 3.70. The van der Waals surface area contributed by atoms with Gasteiger partial charge in [-0.15, -0.1) is 0 Å². The molecule has 1 amide bonds.